The Kier molecular flexibility index (Phi) is 3.11. The number of hydrogen-bond donors (Lipinski definition) is 0. The lowest BCUT2D eigenvalue weighted by Gasteiger charge is -2.32. The molecule has 15 heavy (non-hydrogen) atoms. The van der Waals surface area contributed by atoms with E-state index in [2.05, 4.69) is 44.2 Å². The second kappa shape index (κ2) is 4.36. The molecule has 0 aliphatic carbocycles. The molecule has 1 saturated heterocycles. The SMILES string of the molecule is CCC1COCC1(CC)c1ccccc1. The molecule has 82 valence electrons. The molecule has 0 N–H and O–H groups in total. The summed E-state index contributed by atoms with van der Waals surface area (Å²) in [5.74, 6) is 0.685. The number of benzene rings is 1. The van der Waals surface area contributed by atoms with Gasteiger partial charge in [0, 0.05) is 5.41 Å². The Morgan fingerprint density at radius 1 is 1.27 bits per heavy atom. The largest absolute Gasteiger partial charge is 0.380 e. The molecular weight excluding hydrogens is 184 g/mol. The van der Waals surface area contributed by atoms with Gasteiger partial charge in [0.05, 0.1) is 13.2 Å². The third-order valence-electron chi connectivity index (χ3n) is 3.93. The van der Waals surface area contributed by atoms with Crippen molar-refractivity contribution in [3.8, 4) is 0 Å². The lowest BCUT2D eigenvalue weighted by Crippen LogP contribution is -2.33. The van der Waals surface area contributed by atoms with Crippen LogP contribution in [0.25, 0.3) is 0 Å². The fourth-order valence-corrected chi connectivity index (χ4v) is 2.85. The molecule has 0 amide bonds. The zero-order valence-corrected chi connectivity index (χ0v) is 9.70. The van der Waals surface area contributed by atoms with E-state index in [4.69, 9.17) is 4.74 Å². The van der Waals surface area contributed by atoms with E-state index in [0.717, 1.165) is 13.2 Å². The van der Waals surface area contributed by atoms with Crippen molar-refractivity contribution < 1.29 is 4.74 Å². The molecule has 1 nitrogen and oxygen atoms in total. The molecule has 1 fully saturated rings. The summed E-state index contributed by atoms with van der Waals surface area (Å²) < 4.78 is 5.71. The van der Waals surface area contributed by atoms with Gasteiger partial charge < -0.3 is 4.74 Å². The number of ether oxygens (including phenoxy) is 1. The lowest BCUT2D eigenvalue weighted by molar-refractivity contribution is 0.174. The van der Waals surface area contributed by atoms with Crippen molar-refractivity contribution in [2.24, 2.45) is 5.92 Å². The molecule has 1 aromatic rings. The van der Waals surface area contributed by atoms with Crippen molar-refractivity contribution in [3.63, 3.8) is 0 Å². The van der Waals surface area contributed by atoms with Gasteiger partial charge >= 0.3 is 0 Å². The Morgan fingerprint density at radius 2 is 2.00 bits per heavy atom. The molecule has 2 unspecified atom stereocenters. The van der Waals surface area contributed by atoms with Gasteiger partial charge in [-0.15, -0.1) is 0 Å². The molecule has 1 heterocycles. The van der Waals surface area contributed by atoms with Crippen LogP contribution in [0.4, 0.5) is 0 Å². The van der Waals surface area contributed by atoms with E-state index < -0.39 is 0 Å². The quantitative estimate of drug-likeness (QED) is 0.733. The first-order chi connectivity index (χ1) is 7.33. The van der Waals surface area contributed by atoms with Crippen LogP contribution in [-0.4, -0.2) is 13.2 Å². The maximum atomic E-state index is 5.71. The summed E-state index contributed by atoms with van der Waals surface area (Å²) in [6.45, 7) is 6.38. The first-order valence-corrected chi connectivity index (χ1v) is 5.96. The van der Waals surface area contributed by atoms with Crippen molar-refractivity contribution in [2.45, 2.75) is 32.1 Å². The van der Waals surface area contributed by atoms with Crippen LogP contribution in [0.15, 0.2) is 30.3 Å². The van der Waals surface area contributed by atoms with Crippen molar-refractivity contribution in [1.29, 1.82) is 0 Å². The second-order valence-electron chi connectivity index (χ2n) is 4.50. The molecule has 0 saturated carbocycles. The molecule has 0 aromatic heterocycles. The van der Waals surface area contributed by atoms with Crippen LogP contribution in [0.2, 0.25) is 0 Å². The predicted octanol–water partition coefficient (Wildman–Crippen LogP) is 3.39. The fraction of sp³-hybridized carbons (Fsp3) is 0.571. The smallest absolute Gasteiger partial charge is 0.0566 e. The average molecular weight is 204 g/mol. The van der Waals surface area contributed by atoms with Crippen LogP contribution in [0.3, 0.4) is 0 Å². The summed E-state index contributed by atoms with van der Waals surface area (Å²) in [4.78, 5) is 0. The Hall–Kier alpha value is -0.820. The highest BCUT2D eigenvalue weighted by Gasteiger charge is 2.42. The highest BCUT2D eigenvalue weighted by atomic mass is 16.5. The summed E-state index contributed by atoms with van der Waals surface area (Å²) in [5.41, 5.74) is 1.73. The predicted molar refractivity (Wildman–Crippen MR) is 63.0 cm³/mol. The molecular formula is C14H20O. The summed E-state index contributed by atoms with van der Waals surface area (Å²) in [7, 11) is 0. The van der Waals surface area contributed by atoms with Crippen molar-refractivity contribution >= 4 is 0 Å². The van der Waals surface area contributed by atoms with Crippen molar-refractivity contribution in [3.05, 3.63) is 35.9 Å². The van der Waals surface area contributed by atoms with Crippen LogP contribution in [0, 0.1) is 5.92 Å². The maximum Gasteiger partial charge on any atom is 0.0566 e. The van der Waals surface area contributed by atoms with Gasteiger partial charge in [-0.25, -0.2) is 0 Å². The van der Waals surface area contributed by atoms with Crippen molar-refractivity contribution in [1.82, 2.24) is 0 Å². The molecule has 1 heteroatoms. The first-order valence-electron chi connectivity index (χ1n) is 5.96. The van der Waals surface area contributed by atoms with Gasteiger partial charge in [-0.1, -0.05) is 50.6 Å². The van der Waals surface area contributed by atoms with Crippen LogP contribution < -0.4 is 0 Å². The Morgan fingerprint density at radius 3 is 2.60 bits per heavy atom. The maximum absolute atomic E-state index is 5.71. The summed E-state index contributed by atoms with van der Waals surface area (Å²) >= 11 is 0. The highest BCUT2D eigenvalue weighted by Crippen LogP contribution is 2.42. The molecule has 1 aromatic carbocycles. The zero-order valence-electron chi connectivity index (χ0n) is 9.70. The molecule has 0 bridgehead atoms. The Bertz CT molecular complexity index is 306. The molecule has 1 aliphatic heterocycles. The first kappa shape index (κ1) is 10.7. The third kappa shape index (κ3) is 1.69. The van der Waals surface area contributed by atoms with Crippen LogP contribution in [-0.2, 0) is 10.2 Å². The summed E-state index contributed by atoms with van der Waals surface area (Å²) in [5, 5.41) is 0. The minimum Gasteiger partial charge on any atom is -0.380 e. The normalized spacial score (nSPS) is 30.7. The van der Waals surface area contributed by atoms with Crippen LogP contribution in [0.5, 0.6) is 0 Å². The molecule has 0 radical (unpaired) electrons. The molecule has 2 atom stereocenters. The van der Waals surface area contributed by atoms with Gasteiger partial charge in [0.25, 0.3) is 0 Å². The zero-order chi connectivity index (χ0) is 10.7. The van der Waals surface area contributed by atoms with Crippen LogP contribution in [0.1, 0.15) is 32.3 Å². The number of rotatable bonds is 3. The van der Waals surface area contributed by atoms with Gasteiger partial charge in [0.2, 0.25) is 0 Å². The van der Waals surface area contributed by atoms with Gasteiger partial charge in [-0.3, -0.25) is 0 Å². The van der Waals surface area contributed by atoms with E-state index in [1.165, 1.54) is 18.4 Å². The van der Waals surface area contributed by atoms with Crippen molar-refractivity contribution in [2.75, 3.05) is 13.2 Å². The fourth-order valence-electron chi connectivity index (χ4n) is 2.85. The van der Waals surface area contributed by atoms with E-state index in [1.54, 1.807) is 0 Å². The summed E-state index contributed by atoms with van der Waals surface area (Å²) in [6, 6.07) is 10.9. The highest BCUT2D eigenvalue weighted by molar-refractivity contribution is 5.27. The molecule has 2 rings (SSSR count). The lowest BCUT2D eigenvalue weighted by atomic mass is 9.70. The van der Waals surface area contributed by atoms with Gasteiger partial charge in [-0.2, -0.15) is 0 Å². The van der Waals surface area contributed by atoms with Gasteiger partial charge in [0.1, 0.15) is 0 Å². The third-order valence-corrected chi connectivity index (χ3v) is 3.93. The monoisotopic (exact) mass is 204 g/mol. The topological polar surface area (TPSA) is 9.23 Å². The van der Waals surface area contributed by atoms with E-state index in [0.29, 0.717) is 5.92 Å². The van der Waals surface area contributed by atoms with E-state index in [-0.39, 0.29) is 5.41 Å². The van der Waals surface area contributed by atoms with Gasteiger partial charge in [-0.05, 0) is 17.9 Å². The standard InChI is InChI=1S/C14H20O/c1-3-12-10-15-11-14(12,4-2)13-8-6-5-7-9-13/h5-9,12H,3-4,10-11H2,1-2H3. The summed E-state index contributed by atoms with van der Waals surface area (Å²) in [6.07, 6.45) is 2.39. The van der Waals surface area contributed by atoms with Crippen LogP contribution >= 0.6 is 0 Å². The van der Waals surface area contributed by atoms with E-state index >= 15 is 0 Å². The molecule has 0 spiro atoms. The van der Waals surface area contributed by atoms with E-state index in [9.17, 15) is 0 Å². The second-order valence-corrected chi connectivity index (χ2v) is 4.50. The number of hydrogen-bond acceptors (Lipinski definition) is 1. The van der Waals surface area contributed by atoms with Gasteiger partial charge in [0.15, 0.2) is 0 Å². The molecule has 1 aliphatic rings. The minimum atomic E-state index is 0.274. The Balaban J connectivity index is 2.36. The average Bonchev–Trinajstić information content (AvgIpc) is 2.74. The minimum absolute atomic E-state index is 0.274. The van der Waals surface area contributed by atoms with E-state index in [1.807, 2.05) is 0 Å². The Labute approximate surface area is 92.5 Å².